The second-order valence-corrected chi connectivity index (χ2v) is 5.96. The number of aryl methyl sites for hydroxylation is 2. The SMILES string of the molecule is Cc1cc(C)c(NC(=O)Cn2nnc3ccccc3c2=O)c(Cl)c1. The van der Waals surface area contributed by atoms with E-state index in [1.54, 1.807) is 30.3 Å². The van der Waals surface area contributed by atoms with Crippen LogP contribution < -0.4 is 10.9 Å². The summed E-state index contributed by atoms with van der Waals surface area (Å²) in [6.45, 7) is 3.55. The molecule has 0 radical (unpaired) electrons. The molecule has 3 rings (SSSR count). The summed E-state index contributed by atoms with van der Waals surface area (Å²) in [5.74, 6) is -0.393. The Balaban J connectivity index is 1.86. The Morgan fingerprint density at radius 3 is 2.75 bits per heavy atom. The summed E-state index contributed by atoms with van der Waals surface area (Å²) in [4.78, 5) is 24.6. The van der Waals surface area contributed by atoms with Gasteiger partial charge in [-0.15, -0.1) is 5.10 Å². The maximum Gasteiger partial charge on any atom is 0.278 e. The molecule has 2 aromatic carbocycles. The number of hydrogen-bond donors (Lipinski definition) is 1. The molecular formula is C17H15ClN4O2. The molecule has 6 nitrogen and oxygen atoms in total. The van der Waals surface area contributed by atoms with Gasteiger partial charge in [0.2, 0.25) is 5.91 Å². The number of carbonyl (C=O) groups is 1. The molecule has 0 fully saturated rings. The van der Waals surface area contributed by atoms with E-state index in [-0.39, 0.29) is 12.1 Å². The zero-order valence-corrected chi connectivity index (χ0v) is 14.0. The maximum atomic E-state index is 12.3. The fourth-order valence-electron chi connectivity index (χ4n) is 2.52. The molecule has 0 saturated carbocycles. The van der Waals surface area contributed by atoms with E-state index in [4.69, 9.17) is 11.6 Å². The van der Waals surface area contributed by atoms with E-state index >= 15 is 0 Å². The van der Waals surface area contributed by atoms with E-state index in [0.717, 1.165) is 15.8 Å². The number of hydrogen-bond acceptors (Lipinski definition) is 4. The third kappa shape index (κ3) is 3.14. The first-order valence-electron chi connectivity index (χ1n) is 7.35. The van der Waals surface area contributed by atoms with E-state index in [1.165, 1.54) is 0 Å². The highest BCUT2D eigenvalue weighted by Gasteiger charge is 2.12. The molecule has 0 aliphatic carbocycles. The van der Waals surface area contributed by atoms with Gasteiger partial charge in [0.1, 0.15) is 12.1 Å². The summed E-state index contributed by atoms with van der Waals surface area (Å²) < 4.78 is 1.04. The standard InChI is InChI=1S/C17H15ClN4O2/c1-10-7-11(2)16(13(18)8-10)19-15(23)9-22-17(24)12-5-3-4-6-14(12)20-21-22/h3-8H,9H2,1-2H3,(H,19,23). The molecule has 1 amide bonds. The first kappa shape index (κ1) is 16.1. The number of fused-ring (bicyclic) bond motifs is 1. The Hall–Kier alpha value is -2.73. The van der Waals surface area contributed by atoms with Gasteiger partial charge in [-0.1, -0.05) is 35.0 Å². The average molecular weight is 343 g/mol. The molecular weight excluding hydrogens is 328 g/mol. The lowest BCUT2D eigenvalue weighted by Gasteiger charge is -2.12. The second-order valence-electron chi connectivity index (χ2n) is 5.56. The zero-order valence-electron chi connectivity index (χ0n) is 13.2. The number of aromatic nitrogens is 3. The van der Waals surface area contributed by atoms with Gasteiger partial charge >= 0.3 is 0 Å². The summed E-state index contributed by atoms with van der Waals surface area (Å²) in [6, 6.07) is 10.6. The largest absolute Gasteiger partial charge is 0.323 e. The van der Waals surface area contributed by atoms with Crippen molar-refractivity contribution in [3.05, 3.63) is 62.9 Å². The van der Waals surface area contributed by atoms with Crippen molar-refractivity contribution in [2.75, 3.05) is 5.32 Å². The van der Waals surface area contributed by atoms with Crippen molar-refractivity contribution in [1.29, 1.82) is 0 Å². The number of benzene rings is 2. The summed E-state index contributed by atoms with van der Waals surface area (Å²) in [6.07, 6.45) is 0. The van der Waals surface area contributed by atoms with Gasteiger partial charge in [-0.05, 0) is 43.2 Å². The van der Waals surface area contributed by atoms with Crippen LogP contribution in [0.2, 0.25) is 5.02 Å². The van der Waals surface area contributed by atoms with E-state index in [9.17, 15) is 9.59 Å². The van der Waals surface area contributed by atoms with E-state index < -0.39 is 5.91 Å². The number of amides is 1. The Kier molecular flexibility index (Phi) is 4.31. The number of anilines is 1. The predicted octanol–water partition coefficient (Wildman–Crippen LogP) is 2.70. The van der Waals surface area contributed by atoms with Gasteiger partial charge < -0.3 is 5.32 Å². The Labute approximate surface area is 143 Å². The van der Waals surface area contributed by atoms with Gasteiger partial charge in [0, 0.05) is 0 Å². The summed E-state index contributed by atoms with van der Waals surface area (Å²) in [5, 5.41) is 11.4. The fourth-order valence-corrected chi connectivity index (χ4v) is 2.88. The summed E-state index contributed by atoms with van der Waals surface area (Å²) in [5.41, 5.74) is 2.53. The van der Waals surface area contributed by atoms with Crippen molar-refractivity contribution in [1.82, 2.24) is 15.0 Å². The van der Waals surface area contributed by atoms with Crippen LogP contribution in [0.25, 0.3) is 10.9 Å². The van der Waals surface area contributed by atoms with Crippen LogP contribution in [0.3, 0.4) is 0 Å². The van der Waals surface area contributed by atoms with Crippen LogP contribution in [0, 0.1) is 13.8 Å². The normalized spacial score (nSPS) is 10.8. The number of nitrogens with one attached hydrogen (secondary N) is 1. The third-order valence-corrected chi connectivity index (χ3v) is 3.92. The first-order valence-corrected chi connectivity index (χ1v) is 7.72. The minimum absolute atomic E-state index is 0.236. The van der Waals surface area contributed by atoms with Gasteiger partial charge in [-0.3, -0.25) is 9.59 Å². The van der Waals surface area contributed by atoms with Crippen molar-refractivity contribution in [2.24, 2.45) is 0 Å². The van der Waals surface area contributed by atoms with Crippen LogP contribution in [0.15, 0.2) is 41.2 Å². The Morgan fingerprint density at radius 2 is 2.00 bits per heavy atom. The van der Waals surface area contributed by atoms with Crippen molar-refractivity contribution >= 4 is 34.1 Å². The zero-order chi connectivity index (χ0) is 17.3. The Morgan fingerprint density at radius 1 is 1.25 bits per heavy atom. The molecule has 0 saturated heterocycles. The van der Waals surface area contributed by atoms with Crippen molar-refractivity contribution in [2.45, 2.75) is 20.4 Å². The average Bonchev–Trinajstić information content (AvgIpc) is 2.54. The lowest BCUT2D eigenvalue weighted by molar-refractivity contribution is -0.117. The molecule has 1 N–H and O–H groups in total. The third-order valence-electron chi connectivity index (χ3n) is 3.62. The lowest BCUT2D eigenvalue weighted by atomic mass is 10.1. The molecule has 0 spiro atoms. The number of carbonyl (C=O) groups excluding carboxylic acids is 1. The molecule has 1 heterocycles. The maximum absolute atomic E-state index is 12.3. The minimum Gasteiger partial charge on any atom is -0.323 e. The van der Waals surface area contributed by atoms with E-state index in [2.05, 4.69) is 15.6 Å². The molecule has 0 unspecified atom stereocenters. The van der Waals surface area contributed by atoms with Gasteiger partial charge in [-0.2, -0.15) is 0 Å². The molecule has 122 valence electrons. The highest BCUT2D eigenvalue weighted by molar-refractivity contribution is 6.34. The fraction of sp³-hybridized carbons (Fsp3) is 0.176. The van der Waals surface area contributed by atoms with Crippen LogP contribution in [0.1, 0.15) is 11.1 Å². The highest BCUT2D eigenvalue weighted by atomic mass is 35.5. The van der Waals surface area contributed by atoms with Crippen molar-refractivity contribution in [3.63, 3.8) is 0 Å². The molecule has 1 aromatic heterocycles. The quantitative estimate of drug-likeness (QED) is 0.794. The van der Waals surface area contributed by atoms with Crippen LogP contribution in [-0.2, 0) is 11.3 Å². The predicted molar refractivity (Wildman–Crippen MR) is 93.4 cm³/mol. The van der Waals surface area contributed by atoms with Crippen molar-refractivity contribution in [3.8, 4) is 0 Å². The van der Waals surface area contributed by atoms with Gasteiger partial charge in [0.15, 0.2) is 0 Å². The van der Waals surface area contributed by atoms with E-state index in [0.29, 0.717) is 21.6 Å². The molecule has 0 atom stereocenters. The molecule has 3 aromatic rings. The lowest BCUT2D eigenvalue weighted by Crippen LogP contribution is -2.30. The molecule has 0 aliphatic heterocycles. The summed E-state index contributed by atoms with van der Waals surface area (Å²) in [7, 11) is 0. The van der Waals surface area contributed by atoms with Crippen LogP contribution in [-0.4, -0.2) is 20.9 Å². The molecule has 7 heteroatoms. The van der Waals surface area contributed by atoms with Gasteiger partial charge in [-0.25, -0.2) is 4.68 Å². The van der Waals surface area contributed by atoms with Crippen LogP contribution in [0.5, 0.6) is 0 Å². The van der Waals surface area contributed by atoms with Crippen LogP contribution in [0.4, 0.5) is 5.69 Å². The number of rotatable bonds is 3. The van der Waals surface area contributed by atoms with E-state index in [1.807, 2.05) is 19.9 Å². The Bertz CT molecular complexity index is 974. The van der Waals surface area contributed by atoms with Gasteiger partial charge in [0.05, 0.1) is 16.1 Å². The molecule has 24 heavy (non-hydrogen) atoms. The summed E-state index contributed by atoms with van der Waals surface area (Å²) >= 11 is 6.18. The second kappa shape index (κ2) is 6.41. The molecule has 0 bridgehead atoms. The smallest absolute Gasteiger partial charge is 0.278 e. The molecule has 0 aliphatic rings. The first-order chi connectivity index (χ1) is 11.5. The monoisotopic (exact) mass is 342 g/mol. The minimum atomic E-state index is -0.393. The van der Waals surface area contributed by atoms with Crippen LogP contribution >= 0.6 is 11.6 Å². The topological polar surface area (TPSA) is 76.9 Å². The highest BCUT2D eigenvalue weighted by Crippen LogP contribution is 2.27. The van der Waals surface area contributed by atoms with Gasteiger partial charge in [0.25, 0.3) is 5.56 Å². The number of nitrogens with zero attached hydrogens (tertiary/aromatic N) is 3. The van der Waals surface area contributed by atoms with Crippen molar-refractivity contribution < 1.29 is 4.79 Å². The number of halogens is 1.